The van der Waals surface area contributed by atoms with Crippen molar-refractivity contribution in [2.45, 2.75) is 0 Å². The molecule has 0 fully saturated rings. The van der Waals surface area contributed by atoms with Crippen LogP contribution in [0, 0.1) is 5.82 Å². The Labute approximate surface area is 129 Å². The Morgan fingerprint density at radius 3 is 2.30 bits per heavy atom. The quantitative estimate of drug-likeness (QED) is 0.560. The zero-order valence-corrected chi connectivity index (χ0v) is 12.1. The first-order chi connectivity index (χ1) is 9.58. The van der Waals surface area contributed by atoms with Crippen LogP contribution in [-0.4, -0.2) is 9.97 Å². The lowest BCUT2D eigenvalue weighted by Crippen LogP contribution is -1.95. The number of benzene rings is 2. The molecule has 0 N–H and O–H groups in total. The molecule has 1 aromatic heterocycles. The maximum atomic E-state index is 13.8. The molecule has 0 atom stereocenters. The summed E-state index contributed by atoms with van der Waals surface area (Å²) in [5, 5.41) is 1.38. The summed E-state index contributed by atoms with van der Waals surface area (Å²) in [6.07, 6.45) is 0. The van der Waals surface area contributed by atoms with Gasteiger partial charge >= 0.3 is 0 Å². The Morgan fingerprint density at radius 1 is 0.850 bits per heavy atom. The molecule has 0 unspecified atom stereocenters. The van der Waals surface area contributed by atoms with Crippen molar-refractivity contribution in [1.82, 2.24) is 9.97 Å². The minimum Gasteiger partial charge on any atom is -0.226 e. The van der Waals surface area contributed by atoms with Crippen molar-refractivity contribution in [3.63, 3.8) is 0 Å². The summed E-state index contributed by atoms with van der Waals surface area (Å²) in [6, 6.07) is 9.41. The van der Waals surface area contributed by atoms with E-state index >= 15 is 0 Å². The first-order valence-corrected chi connectivity index (χ1v) is 6.77. The van der Waals surface area contributed by atoms with E-state index in [1.165, 1.54) is 6.07 Å². The number of rotatable bonds is 1. The highest BCUT2D eigenvalue weighted by Gasteiger charge is 2.15. The molecule has 2 nitrogen and oxygen atoms in total. The standard InChI is InChI=1S/C14H6Cl3FN2/c15-8-5-6-9(16)12-11(8)13(17)20-14(19-12)7-3-1-2-4-10(7)18/h1-6H. The molecule has 0 aliphatic heterocycles. The molecule has 3 rings (SSSR count). The molecule has 0 spiro atoms. The van der Waals surface area contributed by atoms with Gasteiger partial charge in [-0.05, 0) is 24.3 Å². The normalized spacial score (nSPS) is 11.0. The third kappa shape index (κ3) is 2.22. The van der Waals surface area contributed by atoms with Crippen LogP contribution in [0.25, 0.3) is 22.3 Å². The van der Waals surface area contributed by atoms with E-state index in [0.29, 0.717) is 20.9 Å². The van der Waals surface area contributed by atoms with Gasteiger partial charge in [0.1, 0.15) is 11.0 Å². The van der Waals surface area contributed by atoms with Crippen molar-refractivity contribution in [3.05, 3.63) is 57.4 Å². The van der Waals surface area contributed by atoms with E-state index in [-0.39, 0.29) is 16.5 Å². The van der Waals surface area contributed by atoms with Crippen molar-refractivity contribution >= 4 is 45.7 Å². The van der Waals surface area contributed by atoms with Crippen molar-refractivity contribution < 1.29 is 4.39 Å². The fourth-order valence-corrected chi connectivity index (χ4v) is 2.65. The number of nitrogens with zero attached hydrogens (tertiary/aromatic N) is 2. The number of fused-ring (bicyclic) bond motifs is 1. The molecule has 0 radical (unpaired) electrons. The summed E-state index contributed by atoms with van der Waals surface area (Å²) in [4.78, 5) is 8.38. The first-order valence-electron chi connectivity index (χ1n) is 5.64. The molecule has 0 amide bonds. The van der Waals surface area contributed by atoms with Crippen LogP contribution in [-0.2, 0) is 0 Å². The van der Waals surface area contributed by atoms with Crippen molar-refractivity contribution in [2.75, 3.05) is 0 Å². The molecule has 1 heterocycles. The predicted molar refractivity (Wildman–Crippen MR) is 80.0 cm³/mol. The molecule has 100 valence electrons. The van der Waals surface area contributed by atoms with Crippen LogP contribution in [0.15, 0.2) is 36.4 Å². The Hall–Kier alpha value is -1.42. The first kappa shape index (κ1) is 13.6. The average Bonchev–Trinajstić information content (AvgIpc) is 2.43. The van der Waals surface area contributed by atoms with Gasteiger partial charge in [-0.15, -0.1) is 0 Å². The monoisotopic (exact) mass is 326 g/mol. The molecule has 0 aliphatic carbocycles. The fraction of sp³-hybridized carbons (Fsp3) is 0. The maximum absolute atomic E-state index is 13.8. The van der Waals surface area contributed by atoms with E-state index in [0.717, 1.165) is 0 Å². The number of aromatic nitrogens is 2. The Kier molecular flexibility index (Phi) is 3.50. The highest BCUT2D eigenvalue weighted by Crippen LogP contribution is 2.34. The lowest BCUT2D eigenvalue weighted by atomic mass is 10.2. The van der Waals surface area contributed by atoms with Crippen LogP contribution in [0.3, 0.4) is 0 Å². The molecule has 6 heteroatoms. The molecule has 3 aromatic rings. The van der Waals surface area contributed by atoms with Gasteiger partial charge in [0, 0.05) is 0 Å². The second kappa shape index (κ2) is 5.17. The number of hydrogen-bond acceptors (Lipinski definition) is 2. The Balaban J connectivity index is 2.36. The summed E-state index contributed by atoms with van der Waals surface area (Å²) in [6.45, 7) is 0. The largest absolute Gasteiger partial charge is 0.226 e. The Morgan fingerprint density at radius 2 is 1.55 bits per heavy atom. The number of hydrogen-bond donors (Lipinski definition) is 0. The SMILES string of the molecule is Fc1ccccc1-c1nc(Cl)c2c(Cl)ccc(Cl)c2n1. The van der Waals surface area contributed by atoms with Crippen LogP contribution in [0.1, 0.15) is 0 Å². The lowest BCUT2D eigenvalue weighted by molar-refractivity contribution is 0.630. The van der Waals surface area contributed by atoms with Gasteiger partial charge in [-0.25, -0.2) is 14.4 Å². The molecule has 0 aliphatic rings. The van der Waals surface area contributed by atoms with Gasteiger partial charge in [0.15, 0.2) is 5.82 Å². The van der Waals surface area contributed by atoms with Gasteiger partial charge in [0.05, 0.1) is 26.5 Å². The third-order valence-corrected chi connectivity index (χ3v) is 3.71. The van der Waals surface area contributed by atoms with E-state index < -0.39 is 5.82 Å². The summed E-state index contributed by atoms with van der Waals surface area (Å²) < 4.78 is 13.8. The molecule has 0 saturated carbocycles. The molecular formula is C14H6Cl3FN2. The van der Waals surface area contributed by atoms with Crippen LogP contribution in [0.2, 0.25) is 15.2 Å². The summed E-state index contributed by atoms with van der Waals surface area (Å²) in [7, 11) is 0. The van der Waals surface area contributed by atoms with Crippen LogP contribution < -0.4 is 0 Å². The summed E-state index contributed by atoms with van der Waals surface area (Å²) in [5.74, 6) is -0.258. The van der Waals surface area contributed by atoms with Crippen molar-refractivity contribution in [1.29, 1.82) is 0 Å². The minimum atomic E-state index is -0.430. The smallest absolute Gasteiger partial charge is 0.164 e. The second-order valence-corrected chi connectivity index (χ2v) is 5.24. The molecule has 0 saturated heterocycles. The third-order valence-electron chi connectivity index (χ3n) is 2.82. The summed E-state index contributed by atoms with van der Waals surface area (Å²) >= 11 is 18.3. The Bertz CT molecular complexity index is 821. The van der Waals surface area contributed by atoms with Gasteiger partial charge < -0.3 is 0 Å². The fourth-order valence-electron chi connectivity index (χ4n) is 1.89. The van der Waals surface area contributed by atoms with Gasteiger partial charge in [-0.3, -0.25) is 0 Å². The van der Waals surface area contributed by atoms with Gasteiger partial charge in [0.25, 0.3) is 0 Å². The van der Waals surface area contributed by atoms with E-state index in [1.807, 2.05) is 0 Å². The predicted octanol–water partition coefficient (Wildman–Crippen LogP) is 5.40. The van der Waals surface area contributed by atoms with E-state index in [9.17, 15) is 4.39 Å². The molecular weight excluding hydrogens is 322 g/mol. The highest BCUT2D eigenvalue weighted by atomic mass is 35.5. The maximum Gasteiger partial charge on any atom is 0.164 e. The summed E-state index contributed by atoms with van der Waals surface area (Å²) in [5.41, 5.74) is 0.657. The van der Waals surface area contributed by atoms with Gasteiger partial charge in [0.2, 0.25) is 0 Å². The topological polar surface area (TPSA) is 25.8 Å². The van der Waals surface area contributed by atoms with Gasteiger partial charge in [-0.1, -0.05) is 46.9 Å². The lowest BCUT2D eigenvalue weighted by Gasteiger charge is -2.07. The zero-order chi connectivity index (χ0) is 14.3. The van der Waals surface area contributed by atoms with E-state index in [2.05, 4.69) is 9.97 Å². The molecule has 0 bridgehead atoms. The van der Waals surface area contributed by atoms with Crippen LogP contribution in [0.4, 0.5) is 4.39 Å². The van der Waals surface area contributed by atoms with Crippen LogP contribution >= 0.6 is 34.8 Å². The second-order valence-electron chi connectivity index (χ2n) is 4.07. The van der Waals surface area contributed by atoms with Crippen molar-refractivity contribution in [3.8, 4) is 11.4 Å². The number of halogens is 4. The van der Waals surface area contributed by atoms with E-state index in [4.69, 9.17) is 34.8 Å². The van der Waals surface area contributed by atoms with Crippen LogP contribution in [0.5, 0.6) is 0 Å². The molecule has 2 aromatic carbocycles. The molecule has 20 heavy (non-hydrogen) atoms. The van der Waals surface area contributed by atoms with Gasteiger partial charge in [-0.2, -0.15) is 0 Å². The van der Waals surface area contributed by atoms with E-state index in [1.54, 1.807) is 30.3 Å². The highest BCUT2D eigenvalue weighted by molar-refractivity contribution is 6.44. The minimum absolute atomic E-state index is 0.140. The van der Waals surface area contributed by atoms with Crippen molar-refractivity contribution in [2.24, 2.45) is 0 Å². The average molecular weight is 328 g/mol. The zero-order valence-electron chi connectivity index (χ0n) is 9.87.